The summed E-state index contributed by atoms with van der Waals surface area (Å²) >= 11 is 0. The molecule has 6 nitrogen and oxygen atoms in total. The number of carbonyl (C=O) groups excluding carboxylic acids is 3. The molecule has 0 aliphatic carbocycles. The first-order valence-electron chi connectivity index (χ1n) is 8.84. The summed E-state index contributed by atoms with van der Waals surface area (Å²) in [6.45, 7) is 2.48. The van der Waals surface area contributed by atoms with Crippen LogP contribution in [0.3, 0.4) is 0 Å². The van der Waals surface area contributed by atoms with E-state index in [2.05, 4.69) is 5.32 Å². The van der Waals surface area contributed by atoms with Gasteiger partial charge in [-0.1, -0.05) is 24.3 Å². The number of benzene rings is 2. The lowest BCUT2D eigenvalue weighted by molar-refractivity contribution is -0.130. The number of rotatable bonds is 6. The van der Waals surface area contributed by atoms with E-state index in [1.54, 1.807) is 36.4 Å². The maximum atomic E-state index is 13.0. The van der Waals surface area contributed by atoms with Gasteiger partial charge in [-0.2, -0.15) is 0 Å². The van der Waals surface area contributed by atoms with Gasteiger partial charge < -0.3 is 4.74 Å². The molecule has 2 aromatic carbocycles. The molecule has 2 aromatic rings. The average molecular weight is 382 g/mol. The van der Waals surface area contributed by atoms with Crippen molar-refractivity contribution in [1.82, 2.24) is 10.2 Å². The number of hydrogen-bond acceptors (Lipinski definition) is 4. The van der Waals surface area contributed by atoms with Gasteiger partial charge in [0.05, 0.1) is 6.61 Å². The van der Waals surface area contributed by atoms with Crippen molar-refractivity contribution in [2.24, 2.45) is 0 Å². The Morgan fingerprint density at radius 1 is 1.04 bits per heavy atom. The molecule has 1 aliphatic heterocycles. The SMILES string of the molecule is CCOc1ccc(/C=C2/C(=O)NC(=O)N(CCc3ccc(F)cc3)C2=O)cc1. The number of nitrogens with one attached hydrogen (secondary N) is 1. The number of hydrogen-bond donors (Lipinski definition) is 1. The van der Waals surface area contributed by atoms with Gasteiger partial charge in [-0.25, -0.2) is 9.18 Å². The minimum Gasteiger partial charge on any atom is -0.494 e. The highest BCUT2D eigenvalue weighted by Gasteiger charge is 2.35. The van der Waals surface area contributed by atoms with Gasteiger partial charge in [-0.3, -0.25) is 19.8 Å². The quantitative estimate of drug-likeness (QED) is 0.616. The fourth-order valence-electron chi connectivity index (χ4n) is 2.78. The van der Waals surface area contributed by atoms with E-state index in [4.69, 9.17) is 4.74 Å². The van der Waals surface area contributed by atoms with E-state index in [-0.39, 0.29) is 17.9 Å². The molecule has 144 valence electrons. The number of barbiturate groups is 1. The molecule has 1 saturated heterocycles. The zero-order valence-corrected chi connectivity index (χ0v) is 15.3. The van der Waals surface area contributed by atoms with Gasteiger partial charge in [0, 0.05) is 6.54 Å². The van der Waals surface area contributed by atoms with Gasteiger partial charge in [-0.15, -0.1) is 0 Å². The molecule has 0 aromatic heterocycles. The van der Waals surface area contributed by atoms with E-state index in [0.29, 0.717) is 24.3 Å². The van der Waals surface area contributed by atoms with Crippen LogP contribution in [0.4, 0.5) is 9.18 Å². The van der Waals surface area contributed by atoms with E-state index in [1.807, 2.05) is 6.92 Å². The highest BCUT2D eigenvalue weighted by atomic mass is 19.1. The lowest BCUT2D eigenvalue weighted by Crippen LogP contribution is -2.54. The van der Waals surface area contributed by atoms with Crippen LogP contribution in [0.1, 0.15) is 18.1 Å². The summed E-state index contributed by atoms with van der Waals surface area (Å²) < 4.78 is 18.4. The van der Waals surface area contributed by atoms with Crippen molar-refractivity contribution >= 4 is 23.9 Å². The van der Waals surface area contributed by atoms with E-state index >= 15 is 0 Å². The van der Waals surface area contributed by atoms with Crippen molar-refractivity contribution in [3.8, 4) is 5.75 Å². The Morgan fingerprint density at radius 3 is 2.36 bits per heavy atom. The van der Waals surface area contributed by atoms with Crippen molar-refractivity contribution in [3.63, 3.8) is 0 Å². The lowest BCUT2D eigenvalue weighted by Gasteiger charge is -2.26. The number of carbonyl (C=O) groups is 3. The molecule has 0 unspecified atom stereocenters. The fraction of sp³-hybridized carbons (Fsp3) is 0.190. The molecular weight excluding hydrogens is 363 g/mol. The first-order valence-corrected chi connectivity index (χ1v) is 8.84. The second-order valence-electron chi connectivity index (χ2n) is 6.15. The molecule has 0 spiro atoms. The maximum absolute atomic E-state index is 13.0. The second-order valence-corrected chi connectivity index (χ2v) is 6.15. The Kier molecular flexibility index (Phi) is 5.84. The summed E-state index contributed by atoms with van der Waals surface area (Å²) in [5.41, 5.74) is 1.29. The van der Waals surface area contributed by atoms with E-state index in [0.717, 1.165) is 10.5 Å². The first kappa shape index (κ1) is 19.3. The zero-order valence-electron chi connectivity index (χ0n) is 15.3. The first-order chi connectivity index (χ1) is 13.5. The Labute approximate surface area is 161 Å². The Morgan fingerprint density at radius 2 is 1.71 bits per heavy atom. The van der Waals surface area contributed by atoms with Gasteiger partial charge in [0.25, 0.3) is 11.8 Å². The normalized spacial score (nSPS) is 15.7. The molecule has 7 heteroatoms. The van der Waals surface area contributed by atoms with E-state index in [1.165, 1.54) is 18.2 Å². The van der Waals surface area contributed by atoms with Gasteiger partial charge >= 0.3 is 6.03 Å². The van der Waals surface area contributed by atoms with Crippen molar-refractivity contribution in [2.75, 3.05) is 13.2 Å². The Bertz CT molecular complexity index is 920. The largest absolute Gasteiger partial charge is 0.494 e. The van der Waals surface area contributed by atoms with Gasteiger partial charge in [0.2, 0.25) is 0 Å². The number of urea groups is 1. The highest BCUT2D eigenvalue weighted by molar-refractivity contribution is 6.31. The van der Waals surface area contributed by atoms with Crippen LogP contribution in [-0.2, 0) is 16.0 Å². The predicted octanol–water partition coefficient (Wildman–Crippen LogP) is 2.93. The van der Waals surface area contributed by atoms with Crippen LogP contribution in [0.2, 0.25) is 0 Å². The molecule has 1 heterocycles. The van der Waals surface area contributed by atoms with Crippen molar-refractivity contribution in [2.45, 2.75) is 13.3 Å². The third kappa shape index (κ3) is 4.43. The number of nitrogens with zero attached hydrogens (tertiary/aromatic N) is 1. The summed E-state index contributed by atoms with van der Waals surface area (Å²) in [6, 6.07) is 11.9. The van der Waals surface area contributed by atoms with E-state index < -0.39 is 17.8 Å². The molecule has 0 bridgehead atoms. The van der Waals surface area contributed by atoms with Crippen LogP contribution in [-0.4, -0.2) is 35.9 Å². The van der Waals surface area contributed by atoms with Crippen molar-refractivity contribution in [1.29, 1.82) is 0 Å². The molecule has 0 radical (unpaired) electrons. The maximum Gasteiger partial charge on any atom is 0.331 e. The summed E-state index contributed by atoms with van der Waals surface area (Å²) in [7, 11) is 0. The van der Waals surface area contributed by atoms with Crippen LogP contribution >= 0.6 is 0 Å². The lowest BCUT2D eigenvalue weighted by atomic mass is 10.1. The smallest absolute Gasteiger partial charge is 0.331 e. The standard InChI is InChI=1S/C21H19FN2O4/c1-2-28-17-9-5-15(6-10-17)13-18-19(25)23-21(27)24(20(18)26)12-11-14-3-7-16(22)8-4-14/h3-10,13H,2,11-12H2,1H3,(H,23,25,27)/b18-13-. The topological polar surface area (TPSA) is 75.7 Å². The minimum absolute atomic E-state index is 0.0736. The van der Waals surface area contributed by atoms with E-state index in [9.17, 15) is 18.8 Å². The summed E-state index contributed by atoms with van der Waals surface area (Å²) in [4.78, 5) is 37.9. The van der Waals surface area contributed by atoms with Gasteiger partial charge in [-0.05, 0) is 54.8 Å². The molecule has 3 rings (SSSR count). The van der Waals surface area contributed by atoms with Gasteiger partial charge in [0.1, 0.15) is 17.1 Å². The third-order valence-corrected chi connectivity index (χ3v) is 4.23. The number of amides is 4. The van der Waals surface area contributed by atoms with Gasteiger partial charge in [0.15, 0.2) is 0 Å². The van der Waals surface area contributed by atoms with Crippen molar-refractivity contribution in [3.05, 3.63) is 71.0 Å². The fourth-order valence-corrected chi connectivity index (χ4v) is 2.78. The molecule has 0 atom stereocenters. The minimum atomic E-state index is -0.763. The summed E-state index contributed by atoms with van der Waals surface area (Å²) in [6.07, 6.45) is 1.79. The molecule has 1 fully saturated rings. The molecular formula is C21H19FN2O4. The second kappa shape index (κ2) is 8.47. The number of halogens is 1. The predicted molar refractivity (Wildman–Crippen MR) is 101 cm³/mol. The summed E-state index contributed by atoms with van der Waals surface area (Å²) in [5, 5.41) is 2.18. The molecule has 0 saturated carbocycles. The Balaban J connectivity index is 1.76. The molecule has 4 amide bonds. The number of ether oxygens (including phenoxy) is 1. The zero-order chi connectivity index (χ0) is 20.1. The van der Waals surface area contributed by atoms with Crippen LogP contribution in [0, 0.1) is 5.82 Å². The monoisotopic (exact) mass is 382 g/mol. The number of imide groups is 2. The Hall–Kier alpha value is -3.48. The highest BCUT2D eigenvalue weighted by Crippen LogP contribution is 2.18. The van der Waals surface area contributed by atoms with Crippen LogP contribution in [0.15, 0.2) is 54.1 Å². The average Bonchev–Trinajstić information content (AvgIpc) is 2.68. The molecule has 1 aliphatic rings. The van der Waals surface area contributed by atoms with Crippen molar-refractivity contribution < 1.29 is 23.5 Å². The van der Waals surface area contributed by atoms with Crippen LogP contribution < -0.4 is 10.1 Å². The summed E-state index contributed by atoms with van der Waals surface area (Å²) in [5.74, 6) is -1.08. The third-order valence-electron chi connectivity index (χ3n) is 4.23. The van der Waals surface area contributed by atoms with Crippen LogP contribution in [0.5, 0.6) is 5.75 Å². The molecule has 1 N–H and O–H groups in total. The molecule has 28 heavy (non-hydrogen) atoms. The van der Waals surface area contributed by atoms with Crippen LogP contribution in [0.25, 0.3) is 6.08 Å².